The largest absolute Gasteiger partial charge is 0.453 e. The molecule has 7 heteroatoms. The van der Waals surface area contributed by atoms with Crippen LogP contribution in [0.5, 0.6) is 0 Å². The lowest BCUT2D eigenvalue weighted by atomic mass is 10.2. The summed E-state index contributed by atoms with van der Waals surface area (Å²) in [7, 11) is 0. The van der Waals surface area contributed by atoms with Crippen LogP contribution in [0.3, 0.4) is 0 Å². The third-order valence-corrected chi connectivity index (χ3v) is 4.51. The SMILES string of the molecule is O=C(Cc1cc(-c2cc3ccccc3o2)on1)Nc1ccc(Cl)c(Cl)c1. The molecule has 0 spiro atoms. The zero-order valence-electron chi connectivity index (χ0n) is 13.3. The predicted octanol–water partition coefficient (Wildman–Crippen LogP) is 5.58. The van der Waals surface area contributed by atoms with Gasteiger partial charge in [-0.3, -0.25) is 4.79 Å². The molecular formula is C19H12Cl2N2O3. The van der Waals surface area contributed by atoms with Gasteiger partial charge in [-0.2, -0.15) is 0 Å². The lowest BCUT2D eigenvalue weighted by Crippen LogP contribution is -2.14. The van der Waals surface area contributed by atoms with Crippen molar-refractivity contribution in [2.45, 2.75) is 6.42 Å². The summed E-state index contributed by atoms with van der Waals surface area (Å²) < 4.78 is 11.0. The Morgan fingerprint density at radius 1 is 1.00 bits per heavy atom. The van der Waals surface area contributed by atoms with Crippen molar-refractivity contribution in [3.63, 3.8) is 0 Å². The number of fused-ring (bicyclic) bond motifs is 1. The van der Waals surface area contributed by atoms with Gasteiger partial charge in [0.2, 0.25) is 11.7 Å². The number of rotatable bonds is 4. The number of amides is 1. The maximum atomic E-state index is 12.2. The number of anilines is 1. The van der Waals surface area contributed by atoms with Crippen molar-refractivity contribution < 1.29 is 13.7 Å². The molecule has 5 nitrogen and oxygen atoms in total. The number of nitrogens with zero attached hydrogens (tertiary/aromatic N) is 1. The summed E-state index contributed by atoms with van der Waals surface area (Å²) in [6, 6.07) is 16.1. The van der Waals surface area contributed by atoms with E-state index >= 15 is 0 Å². The fraction of sp³-hybridized carbons (Fsp3) is 0.0526. The number of furan rings is 1. The van der Waals surface area contributed by atoms with Gasteiger partial charge in [0.15, 0.2) is 5.76 Å². The maximum absolute atomic E-state index is 12.2. The van der Waals surface area contributed by atoms with Gasteiger partial charge in [0.05, 0.1) is 22.2 Å². The van der Waals surface area contributed by atoms with Crippen LogP contribution >= 0.6 is 23.2 Å². The summed E-state index contributed by atoms with van der Waals surface area (Å²) in [5.74, 6) is 0.793. The third-order valence-electron chi connectivity index (χ3n) is 3.77. The van der Waals surface area contributed by atoms with Gasteiger partial charge in [0, 0.05) is 17.1 Å². The van der Waals surface area contributed by atoms with Crippen LogP contribution in [0, 0.1) is 0 Å². The molecule has 2 aromatic carbocycles. The van der Waals surface area contributed by atoms with Crippen molar-refractivity contribution in [1.82, 2.24) is 5.16 Å². The van der Waals surface area contributed by atoms with E-state index in [1.807, 2.05) is 30.3 Å². The Bertz CT molecular complexity index is 1070. The Hall–Kier alpha value is -2.76. The van der Waals surface area contributed by atoms with Gasteiger partial charge < -0.3 is 14.3 Å². The average Bonchev–Trinajstić information content (AvgIpc) is 3.24. The summed E-state index contributed by atoms with van der Waals surface area (Å²) in [6.07, 6.45) is 0.0595. The van der Waals surface area contributed by atoms with E-state index in [9.17, 15) is 4.79 Å². The molecule has 4 aromatic rings. The average molecular weight is 387 g/mol. The van der Waals surface area contributed by atoms with Crippen molar-refractivity contribution in [2.75, 3.05) is 5.32 Å². The fourth-order valence-electron chi connectivity index (χ4n) is 2.56. The van der Waals surface area contributed by atoms with Crippen LogP contribution < -0.4 is 5.32 Å². The number of benzene rings is 2. The van der Waals surface area contributed by atoms with E-state index < -0.39 is 0 Å². The summed E-state index contributed by atoms with van der Waals surface area (Å²) in [5.41, 5.74) is 1.82. The first-order valence-electron chi connectivity index (χ1n) is 7.78. The van der Waals surface area contributed by atoms with Crippen LogP contribution in [-0.2, 0) is 11.2 Å². The van der Waals surface area contributed by atoms with Crippen molar-refractivity contribution in [2.24, 2.45) is 0 Å². The van der Waals surface area contributed by atoms with E-state index in [2.05, 4.69) is 10.5 Å². The smallest absolute Gasteiger partial charge is 0.230 e. The molecule has 1 amide bonds. The molecule has 0 unspecified atom stereocenters. The minimum absolute atomic E-state index is 0.0595. The quantitative estimate of drug-likeness (QED) is 0.497. The molecule has 0 aliphatic carbocycles. The van der Waals surface area contributed by atoms with Gasteiger partial charge in [0.1, 0.15) is 5.58 Å². The summed E-state index contributed by atoms with van der Waals surface area (Å²) in [6.45, 7) is 0. The molecule has 0 radical (unpaired) electrons. The van der Waals surface area contributed by atoms with Gasteiger partial charge in [-0.25, -0.2) is 0 Å². The van der Waals surface area contributed by atoms with Gasteiger partial charge in [-0.05, 0) is 30.3 Å². The summed E-state index contributed by atoms with van der Waals surface area (Å²) in [4.78, 5) is 12.2. The zero-order chi connectivity index (χ0) is 18.1. The van der Waals surface area contributed by atoms with E-state index in [-0.39, 0.29) is 12.3 Å². The van der Waals surface area contributed by atoms with Crippen LogP contribution in [0.25, 0.3) is 22.5 Å². The highest BCUT2D eigenvalue weighted by Gasteiger charge is 2.14. The number of carbonyl (C=O) groups is 1. The standard InChI is InChI=1S/C19H12Cl2N2O3/c20-14-6-5-12(8-15(14)21)22-19(24)10-13-9-18(26-23-13)17-7-11-3-1-2-4-16(11)25-17/h1-9H,10H2,(H,22,24). The van der Waals surface area contributed by atoms with Crippen molar-refractivity contribution in [3.05, 3.63) is 70.3 Å². The van der Waals surface area contributed by atoms with Gasteiger partial charge in [0.25, 0.3) is 0 Å². The fourth-order valence-corrected chi connectivity index (χ4v) is 2.86. The van der Waals surface area contributed by atoms with Crippen LogP contribution in [0.4, 0.5) is 5.69 Å². The summed E-state index contributed by atoms with van der Waals surface area (Å²) in [5, 5.41) is 8.45. The lowest BCUT2D eigenvalue weighted by molar-refractivity contribution is -0.115. The number of carbonyl (C=O) groups excluding carboxylic acids is 1. The molecule has 0 atom stereocenters. The van der Waals surface area contributed by atoms with Crippen molar-refractivity contribution in [1.29, 1.82) is 0 Å². The second-order valence-corrected chi connectivity index (χ2v) is 6.50. The first-order valence-corrected chi connectivity index (χ1v) is 8.53. The third kappa shape index (κ3) is 3.45. The van der Waals surface area contributed by atoms with E-state index in [0.717, 1.165) is 11.0 Å². The molecule has 0 aliphatic heterocycles. The minimum Gasteiger partial charge on any atom is -0.453 e. The van der Waals surface area contributed by atoms with E-state index in [1.165, 1.54) is 0 Å². The highest BCUT2D eigenvalue weighted by Crippen LogP contribution is 2.28. The molecule has 2 aromatic heterocycles. The number of halogens is 2. The second-order valence-electron chi connectivity index (χ2n) is 5.68. The first-order chi connectivity index (χ1) is 12.6. The van der Waals surface area contributed by atoms with E-state index in [0.29, 0.717) is 32.9 Å². The van der Waals surface area contributed by atoms with Crippen LogP contribution in [0.15, 0.2) is 63.5 Å². The summed E-state index contributed by atoms with van der Waals surface area (Å²) >= 11 is 11.8. The lowest BCUT2D eigenvalue weighted by Gasteiger charge is -2.04. The topological polar surface area (TPSA) is 68.3 Å². The zero-order valence-corrected chi connectivity index (χ0v) is 14.8. The number of aromatic nitrogens is 1. The molecule has 0 fully saturated rings. The predicted molar refractivity (Wildman–Crippen MR) is 101 cm³/mol. The normalized spacial score (nSPS) is 11.0. The molecule has 0 saturated carbocycles. The van der Waals surface area contributed by atoms with Gasteiger partial charge in [-0.15, -0.1) is 0 Å². The molecular weight excluding hydrogens is 375 g/mol. The molecule has 130 valence electrons. The second kappa shape index (κ2) is 6.86. The molecule has 4 rings (SSSR count). The van der Waals surface area contributed by atoms with Crippen LogP contribution in [-0.4, -0.2) is 11.1 Å². The Labute approximate surface area is 158 Å². The molecule has 1 N–H and O–H groups in total. The Morgan fingerprint density at radius 3 is 2.65 bits per heavy atom. The molecule has 2 heterocycles. The van der Waals surface area contributed by atoms with Gasteiger partial charge in [-0.1, -0.05) is 46.6 Å². The first kappa shape index (κ1) is 16.7. The van der Waals surface area contributed by atoms with E-state index in [1.54, 1.807) is 24.3 Å². The minimum atomic E-state index is -0.243. The van der Waals surface area contributed by atoms with Crippen LogP contribution in [0.1, 0.15) is 5.69 Å². The van der Waals surface area contributed by atoms with Gasteiger partial charge >= 0.3 is 0 Å². The van der Waals surface area contributed by atoms with Crippen LogP contribution in [0.2, 0.25) is 10.0 Å². The van der Waals surface area contributed by atoms with E-state index in [4.69, 9.17) is 32.1 Å². The van der Waals surface area contributed by atoms with Crippen molar-refractivity contribution in [3.8, 4) is 11.5 Å². The molecule has 26 heavy (non-hydrogen) atoms. The highest BCUT2D eigenvalue weighted by atomic mass is 35.5. The van der Waals surface area contributed by atoms with Crippen molar-refractivity contribution >= 4 is 45.8 Å². The number of nitrogens with one attached hydrogen (secondary N) is 1. The monoisotopic (exact) mass is 386 g/mol. The highest BCUT2D eigenvalue weighted by molar-refractivity contribution is 6.42. The molecule has 0 aliphatic rings. The Kier molecular flexibility index (Phi) is 4.41. The number of hydrogen-bond acceptors (Lipinski definition) is 4. The molecule has 0 bridgehead atoms. The molecule has 0 saturated heterocycles. The number of hydrogen-bond donors (Lipinski definition) is 1. The Balaban J connectivity index is 1.47. The number of para-hydroxylation sites is 1. The maximum Gasteiger partial charge on any atom is 0.230 e. The Morgan fingerprint density at radius 2 is 1.85 bits per heavy atom.